The molecule has 0 aromatic heterocycles. The monoisotopic (exact) mass is 723 g/mol. The summed E-state index contributed by atoms with van der Waals surface area (Å²) in [7, 11) is -10.5. The van der Waals surface area contributed by atoms with Gasteiger partial charge in [0.2, 0.25) is 5.91 Å². The maximum atomic E-state index is 12.5. The van der Waals surface area contributed by atoms with E-state index in [1.54, 1.807) is 0 Å². The van der Waals surface area contributed by atoms with E-state index in [1.807, 2.05) is 6.92 Å². The Hall–Kier alpha value is -1.47. The fourth-order valence-electron chi connectivity index (χ4n) is 4.98. The molecule has 278 valence electrons. The number of phosphoric ester groups is 2. The van der Waals surface area contributed by atoms with Crippen LogP contribution < -0.4 is 5.32 Å². The summed E-state index contributed by atoms with van der Waals surface area (Å²) in [5, 5.41) is 31.9. The molecule has 0 bridgehead atoms. The lowest BCUT2D eigenvalue weighted by Gasteiger charge is -2.42. The number of ether oxygens (including phenoxy) is 1. The highest BCUT2D eigenvalue weighted by Gasteiger charge is 2.49. The smallest absolute Gasteiger partial charge is 0.394 e. The molecule has 1 fully saturated rings. The van der Waals surface area contributed by atoms with Gasteiger partial charge in [0.25, 0.3) is 0 Å². The molecule has 8 atom stereocenters. The molecule has 1 aliphatic rings. The number of amides is 1. The molecule has 1 rings (SSSR count). The van der Waals surface area contributed by atoms with Gasteiger partial charge in [-0.25, -0.2) is 9.13 Å². The van der Waals surface area contributed by atoms with Crippen LogP contribution in [0, 0.1) is 5.92 Å². The van der Waals surface area contributed by atoms with Crippen molar-refractivity contribution < 1.29 is 57.1 Å². The summed E-state index contributed by atoms with van der Waals surface area (Å²) in [6.07, 6.45) is 10.6. The standard InChI is InChI=1S/C33H59NO12P2/c1-23(2)12-8-13-24(3)14-9-15-25(4)16-10-17-26(5)18-11-19-27(6)20-21-43-47(39,40)46-48(41,42)45-33-30(34-28(7)36)32(38)31(37)29(22-35)44-33/h12,14,16,18,27,29-33,35,37-38H,8-11,13,15,17,19-22H2,1-7H3,(H,34,36)(H,39,40)(H,41,42)/b24-14+,25-16+,26-18-/t27-,29+,30+,31-,32+,33+/m0/s1. The maximum absolute atomic E-state index is 12.5. The second kappa shape index (κ2) is 22.4. The maximum Gasteiger partial charge on any atom is 0.483 e. The van der Waals surface area contributed by atoms with Crippen LogP contribution in [0.3, 0.4) is 0 Å². The first-order chi connectivity index (χ1) is 22.4. The van der Waals surface area contributed by atoms with Crippen LogP contribution in [0.2, 0.25) is 0 Å². The summed E-state index contributed by atoms with van der Waals surface area (Å²) in [5.74, 6) is -0.585. The number of phosphoric acid groups is 2. The van der Waals surface area contributed by atoms with E-state index in [4.69, 9.17) is 13.8 Å². The van der Waals surface area contributed by atoms with E-state index in [0.717, 1.165) is 58.3 Å². The molecule has 1 aliphatic heterocycles. The highest BCUT2D eigenvalue weighted by atomic mass is 31.3. The molecule has 2 unspecified atom stereocenters. The number of nitrogens with one attached hydrogen (secondary N) is 1. The Labute approximate surface area is 286 Å². The fraction of sp³-hybridized carbons (Fsp3) is 0.727. The van der Waals surface area contributed by atoms with Crippen molar-refractivity contribution in [1.29, 1.82) is 0 Å². The summed E-state index contributed by atoms with van der Waals surface area (Å²) in [4.78, 5) is 31.7. The second-order valence-electron chi connectivity index (χ2n) is 12.9. The molecule has 13 nitrogen and oxygen atoms in total. The van der Waals surface area contributed by atoms with Gasteiger partial charge in [0.15, 0.2) is 6.29 Å². The van der Waals surface area contributed by atoms with Crippen LogP contribution >= 0.6 is 15.6 Å². The van der Waals surface area contributed by atoms with E-state index in [1.165, 1.54) is 22.3 Å². The highest BCUT2D eigenvalue weighted by molar-refractivity contribution is 7.61. The van der Waals surface area contributed by atoms with E-state index in [0.29, 0.717) is 6.42 Å². The van der Waals surface area contributed by atoms with Gasteiger partial charge in [-0.05, 0) is 98.3 Å². The quantitative estimate of drug-likeness (QED) is 0.0552. The van der Waals surface area contributed by atoms with E-state index >= 15 is 0 Å². The van der Waals surface area contributed by atoms with Gasteiger partial charge in [-0.2, -0.15) is 4.31 Å². The number of carbonyl (C=O) groups excluding carboxylic acids is 1. The van der Waals surface area contributed by atoms with Crippen LogP contribution in [-0.2, 0) is 32.0 Å². The van der Waals surface area contributed by atoms with Crippen LogP contribution in [0.4, 0.5) is 0 Å². The summed E-state index contributed by atoms with van der Waals surface area (Å²) >= 11 is 0. The summed E-state index contributed by atoms with van der Waals surface area (Å²) in [6.45, 7) is 12.7. The Morgan fingerprint density at radius 3 is 1.83 bits per heavy atom. The van der Waals surface area contributed by atoms with Crippen LogP contribution in [0.15, 0.2) is 46.6 Å². The SMILES string of the molecule is CC(=O)N[C@H]1[C@@H](OP(=O)(O)OP(=O)(O)OCC[C@@H](C)CC/C=C(/C)CC/C=C(\C)CC/C=C(\C)CCC=C(C)C)O[C@H](CO)[C@H](O)[C@@H]1O. The normalized spacial score (nSPS) is 25.6. The molecule has 0 aromatic rings. The number of hydrogen-bond acceptors (Lipinski definition) is 10. The lowest BCUT2D eigenvalue weighted by molar-refractivity contribution is -0.247. The lowest BCUT2D eigenvalue weighted by Crippen LogP contribution is -2.64. The Bertz CT molecular complexity index is 1210. The topological polar surface area (TPSA) is 201 Å². The van der Waals surface area contributed by atoms with Crippen molar-refractivity contribution in [3.05, 3.63) is 46.6 Å². The lowest BCUT2D eigenvalue weighted by atomic mass is 9.97. The molecular formula is C33H59NO12P2. The predicted octanol–water partition coefficient (Wildman–Crippen LogP) is 6.13. The van der Waals surface area contributed by atoms with Crippen molar-refractivity contribution in [3.63, 3.8) is 0 Å². The number of aliphatic hydroxyl groups excluding tert-OH is 3. The Morgan fingerprint density at radius 2 is 1.33 bits per heavy atom. The van der Waals surface area contributed by atoms with E-state index < -0.39 is 58.8 Å². The Morgan fingerprint density at radius 1 is 0.812 bits per heavy atom. The molecular weight excluding hydrogens is 664 g/mol. The van der Waals surface area contributed by atoms with E-state index in [2.05, 4.69) is 68.6 Å². The van der Waals surface area contributed by atoms with Gasteiger partial charge < -0.3 is 35.2 Å². The molecule has 48 heavy (non-hydrogen) atoms. The average molecular weight is 724 g/mol. The fourth-order valence-corrected chi connectivity index (χ4v) is 7.15. The number of aliphatic hydroxyl groups is 3. The minimum atomic E-state index is -5.38. The van der Waals surface area contributed by atoms with Gasteiger partial charge in [-0.15, -0.1) is 0 Å². The summed E-state index contributed by atoms with van der Waals surface area (Å²) in [5.41, 5.74) is 5.48. The van der Waals surface area contributed by atoms with Crippen molar-refractivity contribution in [2.24, 2.45) is 5.92 Å². The van der Waals surface area contributed by atoms with Gasteiger partial charge in [0, 0.05) is 6.92 Å². The second-order valence-corrected chi connectivity index (χ2v) is 15.9. The van der Waals surface area contributed by atoms with Crippen molar-refractivity contribution >= 4 is 21.6 Å². The van der Waals surface area contributed by atoms with E-state index in [-0.39, 0.29) is 12.5 Å². The van der Waals surface area contributed by atoms with Gasteiger partial charge in [-0.1, -0.05) is 53.5 Å². The molecule has 0 aromatic carbocycles. The van der Waals surface area contributed by atoms with Gasteiger partial charge in [0.05, 0.1) is 13.2 Å². The molecule has 1 saturated heterocycles. The van der Waals surface area contributed by atoms with Crippen molar-refractivity contribution in [2.45, 2.75) is 137 Å². The van der Waals surface area contributed by atoms with Crippen molar-refractivity contribution in [2.75, 3.05) is 13.2 Å². The highest BCUT2D eigenvalue weighted by Crippen LogP contribution is 2.61. The Balaban J connectivity index is 2.45. The first kappa shape index (κ1) is 44.6. The molecule has 1 amide bonds. The molecule has 0 saturated carbocycles. The van der Waals surface area contributed by atoms with Crippen LogP contribution in [0.1, 0.15) is 106 Å². The first-order valence-electron chi connectivity index (χ1n) is 16.6. The van der Waals surface area contributed by atoms with Gasteiger partial charge >= 0.3 is 15.6 Å². The molecule has 0 spiro atoms. The first-order valence-corrected chi connectivity index (χ1v) is 19.5. The number of allylic oxidation sites excluding steroid dienone is 8. The molecule has 1 heterocycles. The van der Waals surface area contributed by atoms with Gasteiger partial charge in [0.1, 0.15) is 24.4 Å². The zero-order valence-electron chi connectivity index (χ0n) is 29.5. The molecule has 0 aliphatic carbocycles. The van der Waals surface area contributed by atoms with E-state index in [9.17, 15) is 39.0 Å². The van der Waals surface area contributed by atoms with Crippen molar-refractivity contribution in [1.82, 2.24) is 5.32 Å². The zero-order chi connectivity index (χ0) is 36.5. The summed E-state index contributed by atoms with van der Waals surface area (Å²) in [6, 6.07) is -1.56. The third-order valence-electron chi connectivity index (χ3n) is 7.87. The molecule has 15 heteroatoms. The largest absolute Gasteiger partial charge is 0.483 e. The third kappa shape index (κ3) is 19.1. The predicted molar refractivity (Wildman–Crippen MR) is 185 cm³/mol. The number of hydrogen-bond donors (Lipinski definition) is 6. The van der Waals surface area contributed by atoms with Crippen molar-refractivity contribution in [3.8, 4) is 0 Å². The van der Waals surface area contributed by atoms with Crippen LogP contribution in [-0.4, -0.2) is 74.9 Å². The minimum Gasteiger partial charge on any atom is -0.394 e. The average Bonchev–Trinajstić information content (AvgIpc) is 2.95. The van der Waals surface area contributed by atoms with Crippen LogP contribution in [0.25, 0.3) is 0 Å². The third-order valence-corrected chi connectivity index (χ3v) is 10.5. The van der Waals surface area contributed by atoms with Gasteiger partial charge in [-0.3, -0.25) is 13.8 Å². The minimum absolute atomic E-state index is 0.115. The van der Waals surface area contributed by atoms with Crippen LogP contribution in [0.5, 0.6) is 0 Å². The Kier molecular flexibility index (Phi) is 20.8. The number of rotatable bonds is 22. The number of carbonyl (C=O) groups is 1. The zero-order valence-corrected chi connectivity index (χ0v) is 31.3. The molecule has 6 N–H and O–H groups in total. The molecule has 0 radical (unpaired) electrons. The summed E-state index contributed by atoms with van der Waals surface area (Å²) < 4.78 is 44.2.